The van der Waals surface area contributed by atoms with Crippen molar-refractivity contribution in [1.29, 1.82) is 0 Å². The topological polar surface area (TPSA) is 75.7 Å². The van der Waals surface area contributed by atoms with Crippen molar-refractivity contribution >= 4 is 40.8 Å². The zero-order valence-corrected chi connectivity index (χ0v) is 15.5. The van der Waals surface area contributed by atoms with E-state index in [1.165, 1.54) is 4.90 Å². The molecule has 6 nitrogen and oxygen atoms in total. The molecular formula is C20H19ClN2O4. The number of benzene rings is 2. The largest absolute Gasteiger partial charge is 0.455 e. The highest BCUT2D eigenvalue weighted by Crippen LogP contribution is 2.31. The number of rotatable bonds is 4. The van der Waals surface area contributed by atoms with E-state index in [9.17, 15) is 14.4 Å². The Morgan fingerprint density at radius 3 is 2.67 bits per heavy atom. The van der Waals surface area contributed by atoms with Crippen LogP contribution in [0, 0.1) is 0 Å². The molecule has 0 fully saturated rings. The first kappa shape index (κ1) is 18.9. The number of esters is 1. The molecule has 0 spiro atoms. The molecule has 0 saturated carbocycles. The Bertz CT molecular complexity index is 884. The van der Waals surface area contributed by atoms with Gasteiger partial charge in [0.25, 0.3) is 5.91 Å². The van der Waals surface area contributed by atoms with Gasteiger partial charge in [0.2, 0.25) is 5.91 Å². The summed E-state index contributed by atoms with van der Waals surface area (Å²) in [7, 11) is 0. The molecule has 1 atom stereocenters. The predicted molar refractivity (Wildman–Crippen MR) is 103 cm³/mol. The second-order valence-corrected chi connectivity index (χ2v) is 6.72. The number of anilines is 2. The number of amides is 2. The van der Waals surface area contributed by atoms with Gasteiger partial charge < -0.3 is 15.0 Å². The number of fused-ring (bicyclic) bond motifs is 1. The molecule has 7 heteroatoms. The van der Waals surface area contributed by atoms with Crippen LogP contribution in [0.15, 0.2) is 48.5 Å². The van der Waals surface area contributed by atoms with Gasteiger partial charge in [-0.05, 0) is 30.7 Å². The van der Waals surface area contributed by atoms with E-state index in [2.05, 4.69) is 5.32 Å². The molecule has 140 valence electrons. The molecule has 1 aliphatic heterocycles. The first-order valence-corrected chi connectivity index (χ1v) is 8.93. The lowest BCUT2D eigenvalue weighted by molar-refractivity contribution is -0.147. The van der Waals surface area contributed by atoms with Crippen LogP contribution in [0.5, 0.6) is 0 Å². The van der Waals surface area contributed by atoms with E-state index in [4.69, 9.17) is 16.3 Å². The lowest BCUT2D eigenvalue weighted by Gasteiger charge is -2.27. The molecule has 1 heterocycles. The van der Waals surface area contributed by atoms with E-state index in [0.717, 1.165) is 0 Å². The average Bonchev–Trinajstić information content (AvgIpc) is 2.76. The van der Waals surface area contributed by atoms with Gasteiger partial charge in [-0.1, -0.05) is 41.9 Å². The number of nitrogens with zero attached hydrogens (tertiary/aromatic N) is 1. The van der Waals surface area contributed by atoms with Crippen molar-refractivity contribution < 1.29 is 19.1 Å². The van der Waals surface area contributed by atoms with Crippen molar-refractivity contribution in [2.75, 3.05) is 16.8 Å². The maximum atomic E-state index is 12.7. The summed E-state index contributed by atoms with van der Waals surface area (Å²) >= 11 is 6.04. The van der Waals surface area contributed by atoms with Gasteiger partial charge in [-0.3, -0.25) is 14.4 Å². The third-order valence-corrected chi connectivity index (χ3v) is 4.65. The second kappa shape index (κ2) is 8.22. The molecule has 0 aliphatic carbocycles. The van der Waals surface area contributed by atoms with Crippen molar-refractivity contribution in [3.05, 3.63) is 59.1 Å². The van der Waals surface area contributed by atoms with E-state index in [0.29, 0.717) is 22.0 Å². The Labute approximate surface area is 162 Å². The fraction of sp³-hybridized carbons (Fsp3) is 0.250. The monoisotopic (exact) mass is 386 g/mol. The number of carbonyl (C=O) groups excluding carboxylic acids is 3. The average molecular weight is 387 g/mol. The van der Waals surface area contributed by atoms with Crippen LogP contribution in [0.25, 0.3) is 0 Å². The molecule has 1 aliphatic rings. The number of hydrogen-bond acceptors (Lipinski definition) is 4. The fourth-order valence-corrected chi connectivity index (χ4v) is 3.23. The van der Waals surface area contributed by atoms with Crippen molar-refractivity contribution in [3.63, 3.8) is 0 Å². The highest BCUT2D eigenvalue weighted by molar-refractivity contribution is 6.31. The van der Waals surface area contributed by atoms with E-state index in [1.54, 1.807) is 55.5 Å². The number of halogens is 1. The van der Waals surface area contributed by atoms with E-state index >= 15 is 0 Å². The summed E-state index contributed by atoms with van der Waals surface area (Å²) in [6.45, 7) is 1.38. The van der Waals surface area contributed by atoms with Crippen LogP contribution in [0.3, 0.4) is 0 Å². The summed E-state index contributed by atoms with van der Waals surface area (Å²) in [5.41, 5.74) is 1.78. The molecule has 0 bridgehead atoms. The molecule has 1 N–H and O–H groups in total. The summed E-state index contributed by atoms with van der Waals surface area (Å²) in [6.07, 6.45) is 0.146. The van der Waals surface area contributed by atoms with Gasteiger partial charge in [-0.2, -0.15) is 0 Å². The SMILES string of the molecule is C[C@@H]1CC(=O)Nc2ccccc2N1C(=O)COC(=O)Cc1ccccc1Cl. The molecule has 0 saturated heterocycles. The molecule has 27 heavy (non-hydrogen) atoms. The maximum Gasteiger partial charge on any atom is 0.310 e. The molecule has 0 aromatic heterocycles. The lowest BCUT2D eigenvalue weighted by Crippen LogP contribution is -2.41. The standard InChI is InChI=1S/C20H19ClN2O4/c1-13-10-18(24)22-16-8-4-5-9-17(16)23(13)19(25)12-27-20(26)11-14-6-2-3-7-15(14)21/h2-9,13H,10-12H2,1H3,(H,22,24)/t13-/m1/s1. The first-order chi connectivity index (χ1) is 13.0. The Morgan fingerprint density at radius 2 is 1.89 bits per heavy atom. The van der Waals surface area contributed by atoms with Crippen molar-refractivity contribution in [3.8, 4) is 0 Å². The molecule has 2 aromatic carbocycles. The number of hydrogen-bond donors (Lipinski definition) is 1. The third-order valence-electron chi connectivity index (χ3n) is 4.28. The van der Waals surface area contributed by atoms with Crippen LogP contribution in [0.2, 0.25) is 5.02 Å². The Morgan fingerprint density at radius 1 is 1.19 bits per heavy atom. The summed E-state index contributed by atoms with van der Waals surface area (Å²) in [5.74, 6) is -1.10. The highest BCUT2D eigenvalue weighted by Gasteiger charge is 2.30. The first-order valence-electron chi connectivity index (χ1n) is 8.55. The minimum absolute atomic E-state index is 0.0147. The van der Waals surface area contributed by atoms with Crippen LogP contribution >= 0.6 is 11.6 Å². The van der Waals surface area contributed by atoms with E-state index in [-0.39, 0.29) is 30.7 Å². The number of nitrogens with one attached hydrogen (secondary N) is 1. The van der Waals surface area contributed by atoms with Gasteiger partial charge in [0, 0.05) is 17.5 Å². The van der Waals surface area contributed by atoms with Crippen molar-refractivity contribution in [2.45, 2.75) is 25.8 Å². The summed E-state index contributed by atoms with van der Waals surface area (Å²) in [4.78, 5) is 38.3. The predicted octanol–water partition coefficient (Wildman–Crippen LogP) is 3.19. The van der Waals surface area contributed by atoms with Crippen LogP contribution in [0.1, 0.15) is 18.9 Å². The quantitative estimate of drug-likeness (QED) is 0.819. The summed E-state index contributed by atoms with van der Waals surface area (Å²) in [5, 5.41) is 3.26. The number of carbonyl (C=O) groups is 3. The molecule has 2 amide bonds. The number of ether oxygens (including phenoxy) is 1. The normalized spacial score (nSPS) is 16.1. The summed E-state index contributed by atoms with van der Waals surface area (Å²) in [6, 6.07) is 13.7. The molecule has 2 aromatic rings. The van der Waals surface area contributed by atoms with Crippen LogP contribution < -0.4 is 10.2 Å². The minimum atomic E-state index is -0.540. The van der Waals surface area contributed by atoms with Crippen LogP contribution in [0.4, 0.5) is 11.4 Å². The zero-order chi connectivity index (χ0) is 19.4. The van der Waals surface area contributed by atoms with Gasteiger partial charge in [0.15, 0.2) is 6.61 Å². The lowest BCUT2D eigenvalue weighted by atomic mass is 10.1. The van der Waals surface area contributed by atoms with Crippen molar-refractivity contribution in [1.82, 2.24) is 0 Å². The summed E-state index contributed by atoms with van der Waals surface area (Å²) < 4.78 is 5.15. The van der Waals surface area contributed by atoms with Gasteiger partial charge in [0.05, 0.1) is 17.8 Å². The van der Waals surface area contributed by atoms with Gasteiger partial charge in [-0.15, -0.1) is 0 Å². The molecule has 0 unspecified atom stereocenters. The third kappa shape index (κ3) is 4.46. The van der Waals surface area contributed by atoms with Crippen LogP contribution in [-0.4, -0.2) is 30.4 Å². The Hall–Kier alpha value is -2.86. The van der Waals surface area contributed by atoms with Gasteiger partial charge in [0.1, 0.15) is 0 Å². The smallest absolute Gasteiger partial charge is 0.310 e. The minimum Gasteiger partial charge on any atom is -0.455 e. The van der Waals surface area contributed by atoms with Crippen molar-refractivity contribution in [2.24, 2.45) is 0 Å². The maximum absolute atomic E-state index is 12.7. The highest BCUT2D eigenvalue weighted by atomic mass is 35.5. The van der Waals surface area contributed by atoms with Crippen LogP contribution in [-0.2, 0) is 25.5 Å². The zero-order valence-electron chi connectivity index (χ0n) is 14.8. The van der Waals surface area contributed by atoms with Gasteiger partial charge >= 0.3 is 5.97 Å². The molecule has 3 rings (SSSR count). The van der Waals surface area contributed by atoms with E-state index < -0.39 is 12.6 Å². The fourth-order valence-electron chi connectivity index (χ4n) is 3.03. The Kier molecular flexibility index (Phi) is 5.76. The Balaban J connectivity index is 1.69. The van der Waals surface area contributed by atoms with E-state index in [1.807, 2.05) is 0 Å². The van der Waals surface area contributed by atoms with Gasteiger partial charge in [-0.25, -0.2) is 0 Å². The molecule has 0 radical (unpaired) electrons. The second-order valence-electron chi connectivity index (χ2n) is 6.31. The molecular weight excluding hydrogens is 368 g/mol. The number of para-hydroxylation sites is 2.